The number of ether oxygens (including phenoxy) is 2. The lowest BCUT2D eigenvalue weighted by Crippen LogP contribution is -2.40. The number of quaternary nitrogens is 1. The van der Waals surface area contributed by atoms with Crippen molar-refractivity contribution in [3.63, 3.8) is 0 Å². The number of rotatable bonds is 9. The molecule has 2 aromatic carbocycles. The summed E-state index contributed by atoms with van der Waals surface area (Å²) in [5.74, 6) is 0.0390. The molecular formula is C26H33N2O4+. The summed E-state index contributed by atoms with van der Waals surface area (Å²) in [4.78, 5) is 24.0. The molecule has 0 aliphatic carbocycles. The molecule has 0 bridgehead atoms. The van der Waals surface area contributed by atoms with Gasteiger partial charge in [0.15, 0.2) is 0 Å². The van der Waals surface area contributed by atoms with Gasteiger partial charge in [0.1, 0.15) is 12.3 Å². The van der Waals surface area contributed by atoms with Gasteiger partial charge in [-0.05, 0) is 17.7 Å². The summed E-state index contributed by atoms with van der Waals surface area (Å²) in [6.45, 7) is 6.77. The summed E-state index contributed by atoms with van der Waals surface area (Å²) in [5.41, 5.74) is 3.13. The van der Waals surface area contributed by atoms with Crippen LogP contribution in [0.15, 0.2) is 54.7 Å². The lowest BCUT2D eigenvalue weighted by Gasteiger charge is -2.30. The van der Waals surface area contributed by atoms with Crippen LogP contribution in [-0.4, -0.2) is 48.4 Å². The number of nitrogens with zero attached hydrogens (tertiary/aromatic N) is 2. The van der Waals surface area contributed by atoms with E-state index in [9.17, 15) is 9.59 Å². The predicted molar refractivity (Wildman–Crippen MR) is 125 cm³/mol. The number of carbonyl (C=O) groups excluding carboxylic acids is 2. The third-order valence-electron chi connectivity index (χ3n) is 5.54. The second-order valence-corrected chi connectivity index (χ2v) is 9.13. The molecule has 0 saturated carbocycles. The molecule has 0 saturated heterocycles. The second kappa shape index (κ2) is 10.0. The number of benzene rings is 2. The highest BCUT2D eigenvalue weighted by Gasteiger charge is 2.21. The highest BCUT2D eigenvalue weighted by Crippen LogP contribution is 2.32. The van der Waals surface area contributed by atoms with Crippen LogP contribution in [0.2, 0.25) is 0 Å². The minimum atomic E-state index is -0.307. The smallest absolute Gasteiger partial charge is 0.311 e. The molecule has 0 spiro atoms. The van der Waals surface area contributed by atoms with E-state index in [1.165, 1.54) is 5.56 Å². The summed E-state index contributed by atoms with van der Waals surface area (Å²) < 4.78 is 13.5. The Hall–Kier alpha value is -3.12. The van der Waals surface area contributed by atoms with E-state index in [-0.39, 0.29) is 24.6 Å². The Kier molecular flexibility index (Phi) is 7.36. The van der Waals surface area contributed by atoms with Crippen LogP contribution in [0.5, 0.6) is 5.75 Å². The summed E-state index contributed by atoms with van der Waals surface area (Å²) in [6.07, 6.45) is 2.69. The van der Waals surface area contributed by atoms with Gasteiger partial charge >= 0.3 is 5.97 Å². The molecule has 1 aromatic heterocycles. The fourth-order valence-electron chi connectivity index (χ4n) is 3.80. The molecule has 0 aliphatic rings. The van der Waals surface area contributed by atoms with Crippen molar-refractivity contribution in [2.45, 2.75) is 33.7 Å². The largest absolute Gasteiger partial charge is 0.457 e. The molecular weight excluding hydrogens is 404 g/mol. The van der Waals surface area contributed by atoms with Crippen molar-refractivity contribution >= 4 is 22.8 Å². The molecule has 3 aromatic rings. The van der Waals surface area contributed by atoms with Crippen molar-refractivity contribution in [2.24, 2.45) is 5.92 Å². The van der Waals surface area contributed by atoms with E-state index in [1.807, 2.05) is 30.5 Å². The standard InChI is InChI=1S/C26H33N2O4/c1-19(2)26(30)32-18-31-24-13-9-12-23-25(24)22(16-27(23)20(3)29)14-15-28(4,5)17-21-10-7-6-8-11-21/h6-13,16,19H,14-15,17-18H2,1-5H3/q+1. The first-order chi connectivity index (χ1) is 15.2. The zero-order valence-corrected chi connectivity index (χ0v) is 19.6. The highest BCUT2D eigenvalue weighted by molar-refractivity contribution is 5.97. The van der Waals surface area contributed by atoms with Gasteiger partial charge in [-0.2, -0.15) is 0 Å². The van der Waals surface area contributed by atoms with Gasteiger partial charge in [0.25, 0.3) is 0 Å². The van der Waals surface area contributed by atoms with Gasteiger partial charge in [0.2, 0.25) is 12.7 Å². The molecule has 170 valence electrons. The van der Waals surface area contributed by atoms with Crippen molar-refractivity contribution in [1.82, 2.24) is 4.57 Å². The maximum atomic E-state index is 12.3. The van der Waals surface area contributed by atoms with E-state index in [2.05, 4.69) is 38.4 Å². The van der Waals surface area contributed by atoms with Crippen LogP contribution in [-0.2, 0) is 22.5 Å². The van der Waals surface area contributed by atoms with Crippen LogP contribution in [0.4, 0.5) is 0 Å². The molecule has 0 radical (unpaired) electrons. The first-order valence-corrected chi connectivity index (χ1v) is 11.0. The quantitative estimate of drug-likeness (QED) is 0.278. The van der Waals surface area contributed by atoms with E-state index in [4.69, 9.17) is 9.47 Å². The molecule has 0 atom stereocenters. The maximum Gasteiger partial charge on any atom is 0.311 e. The monoisotopic (exact) mass is 437 g/mol. The zero-order valence-electron chi connectivity index (χ0n) is 19.6. The molecule has 6 nitrogen and oxygen atoms in total. The van der Waals surface area contributed by atoms with Crippen LogP contribution in [0.25, 0.3) is 10.9 Å². The van der Waals surface area contributed by atoms with Crippen molar-refractivity contribution in [3.8, 4) is 5.75 Å². The normalized spacial score (nSPS) is 11.7. The van der Waals surface area contributed by atoms with Crippen LogP contribution in [0.3, 0.4) is 0 Å². The number of fused-ring (bicyclic) bond motifs is 1. The molecule has 32 heavy (non-hydrogen) atoms. The van der Waals surface area contributed by atoms with Crippen LogP contribution in [0, 0.1) is 5.92 Å². The van der Waals surface area contributed by atoms with Gasteiger partial charge < -0.3 is 14.0 Å². The van der Waals surface area contributed by atoms with Gasteiger partial charge in [-0.25, -0.2) is 0 Å². The third kappa shape index (κ3) is 5.77. The van der Waals surface area contributed by atoms with E-state index in [0.29, 0.717) is 5.75 Å². The van der Waals surface area contributed by atoms with Gasteiger partial charge in [0, 0.05) is 30.5 Å². The van der Waals surface area contributed by atoms with Crippen molar-refractivity contribution < 1.29 is 23.5 Å². The Balaban J connectivity index is 1.83. The first kappa shape index (κ1) is 23.5. The zero-order chi connectivity index (χ0) is 23.3. The molecule has 0 fully saturated rings. The average molecular weight is 438 g/mol. The Morgan fingerprint density at radius 2 is 1.75 bits per heavy atom. The van der Waals surface area contributed by atoms with E-state index >= 15 is 0 Å². The Labute approximate surface area is 189 Å². The van der Waals surface area contributed by atoms with Crippen molar-refractivity contribution in [3.05, 3.63) is 65.9 Å². The molecule has 0 unspecified atom stereocenters. The summed E-state index contributed by atoms with van der Waals surface area (Å²) >= 11 is 0. The molecule has 1 heterocycles. The molecule has 3 rings (SSSR count). The Bertz CT molecular complexity index is 1080. The van der Waals surface area contributed by atoms with Crippen molar-refractivity contribution in [2.75, 3.05) is 27.4 Å². The molecule has 0 amide bonds. The number of hydrogen-bond acceptors (Lipinski definition) is 4. The minimum absolute atomic E-state index is 0.0531. The topological polar surface area (TPSA) is 57.5 Å². The SMILES string of the molecule is CC(=O)n1cc(CC[N+](C)(C)Cc2ccccc2)c2c(OCOC(=O)C(C)C)cccc21. The van der Waals surface area contributed by atoms with Gasteiger partial charge in [-0.1, -0.05) is 50.2 Å². The number of aromatic nitrogens is 1. The number of likely N-dealkylation sites (N-methyl/N-ethyl adjacent to an activating group) is 1. The Morgan fingerprint density at radius 1 is 1.03 bits per heavy atom. The van der Waals surface area contributed by atoms with E-state index in [0.717, 1.165) is 40.5 Å². The van der Waals surface area contributed by atoms with Crippen molar-refractivity contribution in [1.29, 1.82) is 0 Å². The third-order valence-corrected chi connectivity index (χ3v) is 5.54. The summed E-state index contributed by atoms with van der Waals surface area (Å²) in [7, 11) is 4.42. The highest BCUT2D eigenvalue weighted by atomic mass is 16.7. The van der Waals surface area contributed by atoms with E-state index < -0.39 is 0 Å². The summed E-state index contributed by atoms with van der Waals surface area (Å²) in [5, 5.41) is 0.892. The maximum absolute atomic E-state index is 12.3. The molecule has 0 N–H and O–H groups in total. The second-order valence-electron chi connectivity index (χ2n) is 9.13. The van der Waals surface area contributed by atoms with Gasteiger partial charge in [-0.15, -0.1) is 0 Å². The van der Waals surface area contributed by atoms with Crippen LogP contribution >= 0.6 is 0 Å². The summed E-state index contributed by atoms with van der Waals surface area (Å²) in [6, 6.07) is 16.1. The average Bonchev–Trinajstić information content (AvgIpc) is 3.12. The van der Waals surface area contributed by atoms with E-state index in [1.54, 1.807) is 25.3 Å². The Morgan fingerprint density at radius 3 is 2.41 bits per heavy atom. The van der Waals surface area contributed by atoms with Gasteiger partial charge in [0.05, 0.1) is 32.1 Å². The minimum Gasteiger partial charge on any atom is -0.457 e. The fraction of sp³-hybridized carbons (Fsp3) is 0.385. The first-order valence-electron chi connectivity index (χ1n) is 11.0. The number of hydrogen-bond donors (Lipinski definition) is 0. The predicted octanol–water partition coefficient (Wildman–Crippen LogP) is 4.66. The lowest BCUT2D eigenvalue weighted by molar-refractivity contribution is -0.903. The number of carbonyl (C=O) groups is 2. The van der Waals surface area contributed by atoms with Crippen LogP contribution < -0.4 is 4.74 Å². The number of esters is 1. The van der Waals surface area contributed by atoms with Gasteiger partial charge in [-0.3, -0.25) is 14.2 Å². The molecule has 6 heteroatoms. The fourth-order valence-corrected chi connectivity index (χ4v) is 3.80. The molecule has 0 aliphatic heterocycles. The lowest BCUT2D eigenvalue weighted by atomic mass is 10.1. The van der Waals surface area contributed by atoms with Crippen LogP contribution in [0.1, 0.15) is 36.7 Å².